The number of nitrogens with zero attached hydrogens (tertiary/aromatic N) is 1. The maximum atomic E-state index is 5.71. The molecule has 0 bridgehead atoms. The van der Waals surface area contributed by atoms with Gasteiger partial charge in [0.15, 0.2) is 0 Å². The predicted molar refractivity (Wildman–Crippen MR) is 82.1 cm³/mol. The van der Waals surface area contributed by atoms with E-state index in [0.717, 1.165) is 38.4 Å². The predicted octanol–water partition coefficient (Wildman–Crippen LogP) is 3.30. The molecule has 1 aromatic rings. The van der Waals surface area contributed by atoms with Gasteiger partial charge in [-0.1, -0.05) is 25.5 Å². The van der Waals surface area contributed by atoms with Gasteiger partial charge in [0.05, 0.1) is 6.61 Å². The first-order valence-electron chi connectivity index (χ1n) is 7.29. The number of unbranched alkanes of at least 4 members (excludes halogenated alkanes) is 1. The first-order valence-corrected chi connectivity index (χ1v) is 7.29. The monoisotopic (exact) mass is 264 g/mol. The van der Waals surface area contributed by atoms with E-state index in [9.17, 15) is 0 Å². The molecule has 1 rings (SSSR count). The number of hydrogen-bond acceptors (Lipinski definition) is 3. The number of nitrogens with two attached hydrogens (primary N) is 1. The van der Waals surface area contributed by atoms with E-state index in [2.05, 4.69) is 37.8 Å². The van der Waals surface area contributed by atoms with Crippen molar-refractivity contribution in [1.82, 2.24) is 4.90 Å². The van der Waals surface area contributed by atoms with Gasteiger partial charge in [-0.2, -0.15) is 0 Å². The minimum atomic E-state index is 0.521. The summed E-state index contributed by atoms with van der Waals surface area (Å²) < 4.78 is 5.65. The summed E-state index contributed by atoms with van der Waals surface area (Å²) in [6.07, 6.45) is 2.35. The minimum absolute atomic E-state index is 0.521. The molecule has 1 aromatic carbocycles. The lowest BCUT2D eigenvalue weighted by atomic mass is 10.1. The Hall–Kier alpha value is -1.06. The second-order valence-electron chi connectivity index (χ2n) is 5.27. The van der Waals surface area contributed by atoms with Crippen molar-refractivity contribution in [2.75, 3.05) is 25.5 Å². The van der Waals surface area contributed by atoms with Crippen LogP contribution >= 0.6 is 0 Å². The van der Waals surface area contributed by atoms with E-state index in [4.69, 9.17) is 10.5 Å². The molecular formula is C16H28N2O. The summed E-state index contributed by atoms with van der Waals surface area (Å²) in [6, 6.07) is 8.65. The number of rotatable bonds is 9. The first kappa shape index (κ1) is 16.0. The van der Waals surface area contributed by atoms with Crippen molar-refractivity contribution in [1.29, 1.82) is 0 Å². The van der Waals surface area contributed by atoms with Crippen molar-refractivity contribution in [2.45, 2.75) is 46.2 Å². The van der Waals surface area contributed by atoms with Gasteiger partial charge < -0.3 is 10.5 Å². The summed E-state index contributed by atoms with van der Waals surface area (Å²) >= 11 is 0. The standard InChI is InChI=1S/C16H28N2O/c1-4-5-11-19-12-10-18(14(2)3)13-15-6-8-16(17)9-7-15/h6-9,14H,4-5,10-13,17H2,1-3H3. The molecule has 0 saturated heterocycles. The molecule has 0 radical (unpaired) electrons. The fourth-order valence-electron chi connectivity index (χ4n) is 1.91. The number of benzene rings is 1. The van der Waals surface area contributed by atoms with E-state index < -0.39 is 0 Å². The fraction of sp³-hybridized carbons (Fsp3) is 0.625. The van der Waals surface area contributed by atoms with Crippen LogP contribution in [0.3, 0.4) is 0 Å². The number of anilines is 1. The summed E-state index contributed by atoms with van der Waals surface area (Å²) in [5.74, 6) is 0. The van der Waals surface area contributed by atoms with Gasteiger partial charge in [-0.15, -0.1) is 0 Å². The van der Waals surface area contributed by atoms with Gasteiger partial charge in [0.2, 0.25) is 0 Å². The lowest BCUT2D eigenvalue weighted by Crippen LogP contribution is -2.33. The zero-order valence-corrected chi connectivity index (χ0v) is 12.6. The second kappa shape index (κ2) is 8.94. The van der Waals surface area contributed by atoms with Crippen LogP contribution in [-0.2, 0) is 11.3 Å². The smallest absolute Gasteiger partial charge is 0.0593 e. The molecule has 3 heteroatoms. The number of hydrogen-bond donors (Lipinski definition) is 1. The molecule has 0 unspecified atom stereocenters. The molecule has 3 nitrogen and oxygen atoms in total. The van der Waals surface area contributed by atoms with E-state index in [1.54, 1.807) is 0 Å². The summed E-state index contributed by atoms with van der Waals surface area (Å²) in [7, 11) is 0. The van der Waals surface area contributed by atoms with Crippen LogP contribution in [0, 0.1) is 0 Å². The van der Waals surface area contributed by atoms with E-state index in [1.165, 1.54) is 12.0 Å². The van der Waals surface area contributed by atoms with Gasteiger partial charge in [0, 0.05) is 31.4 Å². The van der Waals surface area contributed by atoms with Gasteiger partial charge in [-0.3, -0.25) is 4.90 Å². The molecule has 2 N–H and O–H groups in total. The van der Waals surface area contributed by atoms with Crippen molar-refractivity contribution in [3.8, 4) is 0 Å². The highest BCUT2D eigenvalue weighted by Crippen LogP contribution is 2.10. The topological polar surface area (TPSA) is 38.5 Å². The van der Waals surface area contributed by atoms with Crippen LogP contribution in [0.25, 0.3) is 0 Å². The SMILES string of the molecule is CCCCOCCN(Cc1ccc(N)cc1)C(C)C. The lowest BCUT2D eigenvalue weighted by Gasteiger charge is -2.26. The molecule has 0 aliphatic rings. The average molecular weight is 264 g/mol. The van der Waals surface area contributed by atoms with Gasteiger partial charge in [-0.25, -0.2) is 0 Å². The van der Waals surface area contributed by atoms with Crippen molar-refractivity contribution >= 4 is 5.69 Å². The van der Waals surface area contributed by atoms with Crippen LogP contribution in [0.2, 0.25) is 0 Å². The molecule has 108 valence electrons. The fourth-order valence-corrected chi connectivity index (χ4v) is 1.91. The van der Waals surface area contributed by atoms with Crippen molar-refractivity contribution < 1.29 is 4.74 Å². The second-order valence-corrected chi connectivity index (χ2v) is 5.27. The minimum Gasteiger partial charge on any atom is -0.399 e. The van der Waals surface area contributed by atoms with Crippen LogP contribution in [0.5, 0.6) is 0 Å². The molecule has 0 aliphatic heterocycles. The van der Waals surface area contributed by atoms with E-state index in [1.807, 2.05) is 12.1 Å². The third kappa shape index (κ3) is 6.60. The quantitative estimate of drug-likeness (QED) is 0.549. The maximum absolute atomic E-state index is 5.71. The van der Waals surface area contributed by atoms with Gasteiger partial charge in [-0.05, 0) is 38.0 Å². The third-order valence-corrected chi connectivity index (χ3v) is 3.26. The number of ether oxygens (including phenoxy) is 1. The first-order chi connectivity index (χ1) is 9.13. The van der Waals surface area contributed by atoms with Crippen molar-refractivity contribution in [3.05, 3.63) is 29.8 Å². The van der Waals surface area contributed by atoms with Crippen LogP contribution < -0.4 is 5.73 Å². The van der Waals surface area contributed by atoms with Gasteiger partial charge >= 0.3 is 0 Å². The Labute approximate surface area is 117 Å². The summed E-state index contributed by atoms with van der Waals surface area (Å²) in [6.45, 7) is 10.3. The molecule has 0 heterocycles. The number of nitrogen functional groups attached to an aromatic ring is 1. The highest BCUT2D eigenvalue weighted by molar-refractivity contribution is 5.39. The Morgan fingerprint density at radius 3 is 2.42 bits per heavy atom. The summed E-state index contributed by atoms with van der Waals surface area (Å²) in [5.41, 5.74) is 7.83. The Kier molecular flexibility index (Phi) is 7.53. The van der Waals surface area contributed by atoms with E-state index in [-0.39, 0.29) is 0 Å². The lowest BCUT2D eigenvalue weighted by molar-refractivity contribution is 0.0877. The van der Waals surface area contributed by atoms with E-state index in [0.29, 0.717) is 6.04 Å². The molecule has 0 spiro atoms. The zero-order chi connectivity index (χ0) is 14.1. The molecule has 0 aliphatic carbocycles. The Bertz CT molecular complexity index is 335. The Morgan fingerprint density at radius 2 is 1.84 bits per heavy atom. The molecule has 0 fully saturated rings. The van der Waals surface area contributed by atoms with Gasteiger partial charge in [0.1, 0.15) is 0 Å². The molecule has 0 saturated carbocycles. The van der Waals surface area contributed by atoms with Crippen LogP contribution in [0.4, 0.5) is 5.69 Å². The highest BCUT2D eigenvalue weighted by Gasteiger charge is 2.09. The van der Waals surface area contributed by atoms with E-state index >= 15 is 0 Å². The Balaban J connectivity index is 2.38. The summed E-state index contributed by atoms with van der Waals surface area (Å²) in [5, 5.41) is 0. The highest BCUT2D eigenvalue weighted by atomic mass is 16.5. The average Bonchev–Trinajstić information content (AvgIpc) is 2.39. The molecule has 0 atom stereocenters. The van der Waals surface area contributed by atoms with Crippen LogP contribution in [-0.4, -0.2) is 30.7 Å². The zero-order valence-electron chi connectivity index (χ0n) is 12.6. The molecule has 0 aromatic heterocycles. The maximum Gasteiger partial charge on any atom is 0.0593 e. The van der Waals surface area contributed by atoms with Crippen molar-refractivity contribution in [2.24, 2.45) is 0 Å². The summed E-state index contributed by atoms with van der Waals surface area (Å²) in [4.78, 5) is 2.43. The van der Waals surface area contributed by atoms with Crippen LogP contribution in [0.15, 0.2) is 24.3 Å². The molecule has 19 heavy (non-hydrogen) atoms. The van der Waals surface area contributed by atoms with Crippen LogP contribution in [0.1, 0.15) is 39.2 Å². The largest absolute Gasteiger partial charge is 0.399 e. The Morgan fingerprint density at radius 1 is 1.16 bits per heavy atom. The molecular weight excluding hydrogens is 236 g/mol. The van der Waals surface area contributed by atoms with Gasteiger partial charge in [0.25, 0.3) is 0 Å². The van der Waals surface area contributed by atoms with Crippen molar-refractivity contribution in [3.63, 3.8) is 0 Å². The third-order valence-electron chi connectivity index (χ3n) is 3.26. The normalized spacial score (nSPS) is 11.4. The molecule has 0 amide bonds.